The summed E-state index contributed by atoms with van der Waals surface area (Å²) < 4.78 is 11.0. The van der Waals surface area contributed by atoms with Crippen molar-refractivity contribution in [3.05, 3.63) is 34.4 Å². The smallest absolute Gasteiger partial charge is 0.407 e. The number of rotatable bonds is 5. The second kappa shape index (κ2) is 9.22. The highest BCUT2D eigenvalue weighted by Crippen LogP contribution is 2.70. The molecule has 7 nitrogen and oxygen atoms in total. The number of ether oxygens (including phenoxy) is 1. The zero-order valence-corrected chi connectivity index (χ0v) is 21.3. The summed E-state index contributed by atoms with van der Waals surface area (Å²) in [6, 6.07) is 3.40. The number of carbonyl (C=O) groups is 1. The van der Waals surface area contributed by atoms with E-state index in [4.69, 9.17) is 14.9 Å². The van der Waals surface area contributed by atoms with Gasteiger partial charge in [0.25, 0.3) is 0 Å². The average Bonchev–Trinajstić information content (AvgIpc) is 3.11. The zero-order chi connectivity index (χ0) is 24.8. The zero-order valence-electron chi connectivity index (χ0n) is 21.3. The summed E-state index contributed by atoms with van der Waals surface area (Å²) in [5, 5.41) is 15.2. The third-order valence-corrected chi connectivity index (χ3v) is 10.9. The van der Waals surface area contributed by atoms with Crippen LogP contribution in [0.1, 0.15) is 89.5 Å². The molecule has 1 aromatic heterocycles. The van der Waals surface area contributed by atoms with Gasteiger partial charge in [-0.15, -0.1) is 0 Å². The summed E-state index contributed by atoms with van der Waals surface area (Å²) in [6.45, 7) is 5.83. The third kappa shape index (κ3) is 4.03. The van der Waals surface area contributed by atoms with Crippen LogP contribution in [0.4, 0.5) is 4.79 Å². The molecule has 0 radical (unpaired) electrons. The van der Waals surface area contributed by atoms with Crippen LogP contribution in [0.3, 0.4) is 0 Å². The SMILES string of the molecule is C[C@]12CC[C@H](OC(=O)NCCCN)CC1CCC1[C@@H]2CC[C@]2(C)[C@@H](c3ccc(=O)oc3)CC[C@]12O. The van der Waals surface area contributed by atoms with Crippen LogP contribution in [0, 0.1) is 28.6 Å². The summed E-state index contributed by atoms with van der Waals surface area (Å²) >= 11 is 0. The minimum Gasteiger partial charge on any atom is -0.446 e. The fourth-order valence-electron chi connectivity index (χ4n) is 8.88. The highest BCUT2D eigenvalue weighted by Gasteiger charge is 2.67. The number of carbonyl (C=O) groups excluding carboxylic acids is 1. The van der Waals surface area contributed by atoms with Crippen LogP contribution >= 0.6 is 0 Å². The number of nitrogens with one attached hydrogen (secondary N) is 1. The molecular formula is C28H42N2O5. The van der Waals surface area contributed by atoms with Gasteiger partial charge in [0.1, 0.15) is 6.10 Å². The Morgan fingerprint density at radius 3 is 2.71 bits per heavy atom. The predicted molar refractivity (Wildman–Crippen MR) is 133 cm³/mol. The number of amides is 1. The van der Waals surface area contributed by atoms with E-state index in [2.05, 4.69) is 19.2 Å². The Morgan fingerprint density at radius 1 is 1.14 bits per heavy atom. The first-order chi connectivity index (χ1) is 16.7. The summed E-state index contributed by atoms with van der Waals surface area (Å²) in [6.07, 6.45) is 10.8. The van der Waals surface area contributed by atoms with Gasteiger partial charge in [0.05, 0.1) is 11.9 Å². The van der Waals surface area contributed by atoms with Gasteiger partial charge < -0.3 is 25.3 Å². The summed E-state index contributed by atoms with van der Waals surface area (Å²) in [5.41, 5.74) is 5.50. The molecule has 0 bridgehead atoms. The summed E-state index contributed by atoms with van der Waals surface area (Å²) in [7, 11) is 0. The summed E-state index contributed by atoms with van der Waals surface area (Å²) in [4.78, 5) is 23.7. The number of hydrogen-bond donors (Lipinski definition) is 3. The van der Waals surface area contributed by atoms with Crippen molar-refractivity contribution >= 4 is 6.09 Å². The normalized spacial score (nSPS) is 42.5. The van der Waals surface area contributed by atoms with Crippen LogP contribution in [0.15, 0.2) is 27.6 Å². The van der Waals surface area contributed by atoms with E-state index in [-0.39, 0.29) is 34.6 Å². The molecular weight excluding hydrogens is 444 g/mol. The van der Waals surface area contributed by atoms with Crippen LogP contribution < -0.4 is 16.7 Å². The van der Waals surface area contributed by atoms with E-state index < -0.39 is 5.60 Å². The van der Waals surface area contributed by atoms with Crippen LogP contribution in [0.5, 0.6) is 0 Å². The fraction of sp³-hybridized carbons (Fsp3) is 0.786. The first kappa shape index (κ1) is 24.8. The Hall–Kier alpha value is -1.86. The quantitative estimate of drug-likeness (QED) is 0.534. The Balaban J connectivity index is 1.30. The highest BCUT2D eigenvalue weighted by atomic mass is 16.6. The van der Waals surface area contributed by atoms with Gasteiger partial charge in [0.15, 0.2) is 0 Å². The van der Waals surface area contributed by atoms with Gasteiger partial charge in [-0.05, 0) is 111 Å². The highest BCUT2D eigenvalue weighted by molar-refractivity contribution is 5.67. The van der Waals surface area contributed by atoms with E-state index in [1.165, 1.54) is 6.07 Å². The average molecular weight is 487 g/mol. The predicted octanol–water partition coefficient (Wildman–Crippen LogP) is 4.32. The van der Waals surface area contributed by atoms with Gasteiger partial charge in [-0.25, -0.2) is 9.59 Å². The van der Waals surface area contributed by atoms with E-state index in [1.54, 1.807) is 6.26 Å². The van der Waals surface area contributed by atoms with E-state index in [1.807, 2.05) is 6.07 Å². The van der Waals surface area contributed by atoms with E-state index in [9.17, 15) is 14.7 Å². The molecule has 4 saturated carbocycles. The monoisotopic (exact) mass is 486 g/mol. The number of fused-ring (bicyclic) bond motifs is 5. The maximum absolute atomic E-state index is 12.4. The largest absolute Gasteiger partial charge is 0.446 e. The number of alkyl carbamates (subject to hydrolysis) is 1. The lowest BCUT2D eigenvalue weighted by atomic mass is 9.43. The third-order valence-electron chi connectivity index (χ3n) is 10.9. The lowest BCUT2D eigenvalue weighted by molar-refractivity contribution is -0.205. The number of nitrogens with two attached hydrogens (primary N) is 1. The Kier molecular flexibility index (Phi) is 6.54. The molecule has 0 aromatic carbocycles. The van der Waals surface area contributed by atoms with E-state index >= 15 is 0 Å². The second-order valence-electron chi connectivity index (χ2n) is 12.2. The minimum atomic E-state index is -0.694. The lowest BCUT2D eigenvalue weighted by Crippen LogP contribution is -2.62. The minimum absolute atomic E-state index is 0.0250. The van der Waals surface area contributed by atoms with Crippen molar-refractivity contribution in [2.75, 3.05) is 13.1 Å². The van der Waals surface area contributed by atoms with Crippen LogP contribution in [-0.2, 0) is 4.74 Å². The Labute approximate surface area is 208 Å². The van der Waals surface area contributed by atoms with Crippen molar-refractivity contribution in [1.29, 1.82) is 0 Å². The molecule has 4 N–H and O–H groups in total. The van der Waals surface area contributed by atoms with Crippen LogP contribution in [-0.4, -0.2) is 36.0 Å². The lowest BCUT2D eigenvalue weighted by Gasteiger charge is -2.63. The molecule has 0 aliphatic heterocycles. The van der Waals surface area contributed by atoms with Gasteiger partial charge in [-0.1, -0.05) is 13.8 Å². The molecule has 0 spiro atoms. The Morgan fingerprint density at radius 2 is 1.97 bits per heavy atom. The van der Waals surface area contributed by atoms with Gasteiger partial charge in [-0.2, -0.15) is 0 Å². The number of hydrogen-bond acceptors (Lipinski definition) is 6. The first-order valence-electron chi connectivity index (χ1n) is 13.7. The van der Waals surface area contributed by atoms with Crippen molar-refractivity contribution < 1.29 is 19.1 Å². The van der Waals surface area contributed by atoms with Crippen molar-refractivity contribution in [1.82, 2.24) is 5.32 Å². The first-order valence-corrected chi connectivity index (χ1v) is 13.7. The molecule has 35 heavy (non-hydrogen) atoms. The van der Waals surface area contributed by atoms with Crippen molar-refractivity contribution in [2.24, 2.45) is 34.3 Å². The topological polar surface area (TPSA) is 115 Å². The second-order valence-corrected chi connectivity index (χ2v) is 12.2. The molecule has 1 heterocycles. The van der Waals surface area contributed by atoms with Gasteiger partial charge in [0, 0.05) is 18.0 Å². The molecule has 1 amide bonds. The van der Waals surface area contributed by atoms with Gasteiger partial charge >= 0.3 is 11.7 Å². The molecule has 5 rings (SSSR count). The molecule has 4 fully saturated rings. The molecule has 194 valence electrons. The summed E-state index contributed by atoms with van der Waals surface area (Å²) in [5.74, 6) is 1.52. The van der Waals surface area contributed by atoms with Crippen molar-refractivity contribution in [2.45, 2.75) is 95.7 Å². The van der Waals surface area contributed by atoms with Gasteiger partial charge in [0.2, 0.25) is 0 Å². The van der Waals surface area contributed by atoms with Crippen molar-refractivity contribution in [3.8, 4) is 0 Å². The molecule has 1 aromatic rings. The molecule has 4 aliphatic rings. The maximum Gasteiger partial charge on any atom is 0.407 e. The molecule has 2 unspecified atom stereocenters. The fourth-order valence-corrected chi connectivity index (χ4v) is 8.88. The molecule has 8 atom stereocenters. The molecule has 7 heteroatoms. The number of aliphatic hydroxyl groups is 1. The van der Waals surface area contributed by atoms with E-state index in [0.29, 0.717) is 30.8 Å². The maximum atomic E-state index is 12.4. The van der Waals surface area contributed by atoms with E-state index in [0.717, 1.165) is 69.8 Å². The van der Waals surface area contributed by atoms with Crippen LogP contribution in [0.2, 0.25) is 0 Å². The van der Waals surface area contributed by atoms with Crippen LogP contribution in [0.25, 0.3) is 0 Å². The molecule has 4 aliphatic carbocycles. The molecule has 0 saturated heterocycles. The van der Waals surface area contributed by atoms with Crippen molar-refractivity contribution in [3.63, 3.8) is 0 Å². The van der Waals surface area contributed by atoms with Gasteiger partial charge in [-0.3, -0.25) is 0 Å². The standard InChI is InChI=1S/C28H42N2O5/c1-26-11-8-20(35-25(32)30-15-3-14-29)16-19(26)5-6-23-22(26)9-12-27(2)21(10-13-28(23,27)33)18-4-7-24(31)34-17-18/h4,7,17,19-23,33H,3,5-6,8-16,29H2,1-2H3,(H,30,32)/t19?,20-,21+,22-,23?,26-,27+,28-/m0/s1. The Bertz CT molecular complexity index is 975.